The molecule has 1 heterocycles. The number of sulfonamides is 1. The maximum absolute atomic E-state index is 13.5. The molecule has 1 amide bonds. The summed E-state index contributed by atoms with van der Waals surface area (Å²) in [6.07, 6.45) is 0. The Morgan fingerprint density at radius 2 is 1.69 bits per heavy atom. The molecule has 0 saturated heterocycles. The van der Waals surface area contributed by atoms with E-state index in [1.165, 1.54) is 42.8 Å². The van der Waals surface area contributed by atoms with Crippen molar-refractivity contribution in [2.45, 2.75) is 18.7 Å². The third-order valence-electron chi connectivity index (χ3n) is 4.48. The van der Waals surface area contributed by atoms with Crippen molar-refractivity contribution in [3.63, 3.8) is 0 Å². The minimum absolute atomic E-state index is 0.0684. The molecule has 168 valence electrons. The Kier molecular flexibility index (Phi) is 7.22. The summed E-state index contributed by atoms with van der Waals surface area (Å²) in [6.45, 7) is 3.30. The Morgan fingerprint density at radius 1 is 1.06 bits per heavy atom. The molecule has 3 aromatic rings. The molecular weight excluding hydrogens is 472 g/mol. The van der Waals surface area contributed by atoms with E-state index in [1.54, 1.807) is 12.1 Å². The fourth-order valence-corrected chi connectivity index (χ4v) is 6.02. The molecule has 7 nitrogen and oxygen atoms in total. The van der Waals surface area contributed by atoms with Gasteiger partial charge in [0.25, 0.3) is 10.0 Å². The molecule has 0 aliphatic carbocycles. The van der Waals surface area contributed by atoms with Gasteiger partial charge in [0.2, 0.25) is 5.91 Å². The van der Waals surface area contributed by atoms with Gasteiger partial charge < -0.3 is 10.1 Å². The molecule has 10 heteroatoms. The zero-order valence-electron chi connectivity index (χ0n) is 17.6. The number of aryl methyl sites for hydroxylation is 2. The van der Waals surface area contributed by atoms with Gasteiger partial charge in [0.15, 0.2) is 0 Å². The molecule has 0 radical (unpaired) electrons. The van der Waals surface area contributed by atoms with E-state index >= 15 is 0 Å². The van der Waals surface area contributed by atoms with Gasteiger partial charge in [0.1, 0.15) is 16.3 Å². The molecule has 2 aromatic carbocycles. The lowest BCUT2D eigenvalue weighted by molar-refractivity contribution is -0.114. The highest BCUT2D eigenvalue weighted by Gasteiger charge is 2.32. The van der Waals surface area contributed by atoms with Crippen molar-refractivity contribution in [1.29, 1.82) is 0 Å². The van der Waals surface area contributed by atoms with Crippen LogP contribution < -0.4 is 9.62 Å². The summed E-state index contributed by atoms with van der Waals surface area (Å²) < 4.78 is 32.7. The number of carbonyl (C=O) groups excluding carboxylic acids is 2. The number of hydrogen-bond donors (Lipinski definition) is 1. The Hall–Kier alpha value is -2.88. The number of nitrogens with zero attached hydrogens (tertiary/aromatic N) is 1. The second kappa shape index (κ2) is 9.72. The number of nitrogens with one attached hydrogen (secondary N) is 1. The number of anilines is 2. The number of methoxy groups -OCH3 is 1. The molecule has 0 unspecified atom stereocenters. The van der Waals surface area contributed by atoms with Gasteiger partial charge in [-0.25, -0.2) is 13.2 Å². The van der Waals surface area contributed by atoms with E-state index < -0.39 is 28.4 Å². The molecule has 1 N–H and O–H groups in total. The van der Waals surface area contributed by atoms with Crippen LogP contribution in [0.25, 0.3) is 0 Å². The molecule has 0 aliphatic heterocycles. The zero-order chi connectivity index (χ0) is 23.5. The fourth-order valence-electron chi connectivity index (χ4n) is 3.16. The maximum atomic E-state index is 13.5. The molecule has 1 aromatic heterocycles. The number of hydrogen-bond acceptors (Lipinski definition) is 6. The van der Waals surface area contributed by atoms with Crippen LogP contribution in [0.2, 0.25) is 5.02 Å². The van der Waals surface area contributed by atoms with Crippen molar-refractivity contribution in [3.8, 4) is 0 Å². The highest BCUT2D eigenvalue weighted by atomic mass is 35.5. The third kappa shape index (κ3) is 5.29. The van der Waals surface area contributed by atoms with Gasteiger partial charge in [-0.05, 0) is 72.8 Å². The van der Waals surface area contributed by atoms with Crippen LogP contribution in [0.3, 0.4) is 0 Å². The molecule has 0 spiro atoms. The summed E-state index contributed by atoms with van der Waals surface area (Å²) in [4.78, 5) is 24.6. The predicted octanol–water partition coefficient (Wildman–Crippen LogP) is 4.64. The van der Waals surface area contributed by atoms with E-state index in [1.807, 2.05) is 19.9 Å². The Bertz CT molecular complexity index is 1230. The standard InChI is InChI=1S/C22H21ClN2O5S2/c1-14-10-15(2)12-17(11-14)24-20(26)13-25(18-6-4-16(23)5-7-18)32(28,29)19-8-9-31-21(19)22(27)30-3/h4-12H,13H2,1-3H3,(H,24,26). The third-order valence-corrected chi connectivity index (χ3v) is 7.57. The van der Waals surface area contributed by atoms with Crippen molar-refractivity contribution >= 4 is 56.2 Å². The van der Waals surface area contributed by atoms with Crippen molar-refractivity contribution < 1.29 is 22.7 Å². The van der Waals surface area contributed by atoms with Crippen LogP contribution in [0, 0.1) is 13.8 Å². The van der Waals surface area contributed by atoms with Gasteiger partial charge in [-0.1, -0.05) is 17.7 Å². The van der Waals surface area contributed by atoms with Gasteiger partial charge in [-0.15, -0.1) is 11.3 Å². The molecule has 0 fully saturated rings. The smallest absolute Gasteiger partial charge is 0.349 e. The highest BCUT2D eigenvalue weighted by Crippen LogP contribution is 2.30. The average molecular weight is 493 g/mol. The molecular formula is C22H21ClN2O5S2. The summed E-state index contributed by atoms with van der Waals surface area (Å²) in [7, 11) is -3.10. The van der Waals surface area contributed by atoms with Crippen molar-refractivity contribution in [3.05, 3.63) is 74.9 Å². The SMILES string of the molecule is COC(=O)c1sccc1S(=O)(=O)N(CC(=O)Nc1cc(C)cc(C)c1)c1ccc(Cl)cc1. The lowest BCUT2D eigenvalue weighted by Crippen LogP contribution is -2.38. The van der Waals surface area contributed by atoms with Gasteiger partial charge in [0.05, 0.1) is 12.8 Å². The van der Waals surface area contributed by atoms with E-state index in [9.17, 15) is 18.0 Å². The molecule has 0 atom stereocenters. The number of carbonyl (C=O) groups is 2. The molecule has 3 rings (SSSR count). The largest absolute Gasteiger partial charge is 0.465 e. The van der Waals surface area contributed by atoms with Crippen LogP contribution in [0.1, 0.15) is 20.8 Å². The topological polar surface area (TPSA) is 92.8 Å². The lowest BCUT2D eigenvalue weighted by Gasteiger charge is -2.24. The summed E-state index contributed by atoms with van der Waals surface area (Å²) in [5.41, 5.74) is 2.71. The van der Waals surface area contributed by atoms with Crippen molar-refractivity contribution in [2.24, 2.45) is 0 Å². The number of halogens is 1. The van der Waals surface area contributed by atoms with Crippen molar-refractivity contribution in [2.75, 3.05) is 23.3 Å². The normalized spacial score (nSPS) is 11.1. The average Bonchev–Trinajstić information content (AvgIpc) is 3.22. The number of esters is 1. The Labute approximate surface area is 195 Å². The monoisotopic (exact) mass is 492 g/mol. The summed E-state index contributed by atoms with van der Waals surface area (Å²) in [5.74, 6) is -1.31. The highest BCUT2D eigenvalue weighted by molar-refractivity contribution is 7.93. The van der Waals surface area contributed by atoms with Crippen LogP contribution in [-0.4, -0.2) is 33.9 Å². The molecule has 0 saturated carbocycles. The Balaban J connectivity index is 1.99. The summed E-state index contributed by atoms with van der Waals surface area (Å²) in [6, 6.07) is 12.9. The van der Waals surface area contributed by atoms with Gasteiger partial charge in [-0.2, -0.15) is 0 Å². The second-order valence-electron chi connectivity index (χ2n) is 7.02. The minimum Gasteiger partial charge on any atom is -0.465 e. The predicted molar refractivity (Wildman–Crippen MR) is 126 cm³/mol. The van der Waals surface area contributed by atoms with Crippen LogP contribution in [0.15, 0.2) is 58.8 Å². The van der Waals surface area contributed by atoms with E-state index in [-0.39, 0.29) is 15.5 Å². The van der Waals surface area contributed by atoms with E-state index in [4.69, 9.17) is 16.3 Å². The first-order valence-electron chi connectivity index (χ1n) is 9.44. The first kappa shape index (κ1) is 23.8. The second-order valence-corrected chi connectivity index (χ2v) is 10.2. The van der Waals surface area contributed by atoms with Crippen LogP contribution in [-0.2, 0) is 19.6 Å². The number of amides is 1. The molecule has 0 aliphatic rings. The summed E-state index contributed by atoms with van der Waals surface area (Å²) >= 11 is 6.90. The van der Waals surface area contributed by atoms with E-state index in [2.05, 4.69) is 5.32 Å². The van der Waals surface area contributed by atoms with Crippen LogP contribution in [0.4, 0.5) is 11.4 Å². The van der Waals surface area contributed by atoms with Gasteiger partial charge >= 0.3 is 5.97 Å². The molecule has 0 bridgehead atoms. The minimum atomic E-state index is -4.27. The van der Waals surface area contributed by atoms with Crippen LogP contribution in [0.5, 0.6) is 0 Å². The first-order chi connectivity index (χ1) is 15.1. The van der Waals surface area contributed by atoms with Gasteiger partial charge in [-0.3, -0.25) is 9.10 Å². The molecule has 32 heavy (non-hydrogen) atoms. The number of ether oxygens (including phenoxy) is 1. The van der Waals surface area contributed by atoms with Crippen LogP contribution >= 0.6 is 22.9 Å². The first-order valence-corrected chi connectivity index (χ1v) is 12.1. The number of thiophene rings is 1. The number of benzene rings is 2. The van der Waals surface area contributed by atoms with E-state index in [0.29, 0.717) is 10.7 Å². The summed E-state index contributed by atoms with van der Waals surface area (Å²) in [5, 5.41) is 4.64. The van der Waals surface area contributed by atoms with Gasteiger partial charge in [0, 0.05) is 10.7 Å². The Morgan fingerprint density at radius 3 is 2.28 bits per heavy atom. The lowest BCUT2D eigenvalue weighted by atomic mass is 10.1. The van der Waals surface area contributed by atoms with E-state index in [0.717, 1.165) is 26.8 Å². The zero-order valence-corrected chi connectivity index (χ0v) is 20.0. The number of rotatable bonds is 7. The van der Waals surface area contributed by atoms with Crippen molar-refractivity contribution in [1.82, 2.24) is 0 Å². The fraction of sp³-hybridized carbons (Fsp3) is 0.182. The maximum Gasteiger partial charge on any atom is 0.349 e. The quantitative estimate of drug-likeness (QED) is 0.485.